The normalized spacial score (nSPS) is 19.1. The van der Waals surface area contributed by atoms with E-state index in [1.165, 1.54) is 17.5 Å². The molecular weight excluding hydrogens is 238 g/mol. The summed E-state index contributed by atoms with van der Waals surface area (Å²) in [5.41, 5.74) is 9.06. The van der Waals surface area contributed by atoms with Crippen molar-refractivity contribution in [2.45, 2.75) is 38.1 Å². The number of halogens is 1. The lowest BCUT2D eigenvalue weighted by atomic mass is 9.71. The SMILES string of the molecule is CCc1ccc(Br)cc1C1(N)CCC1. The summed E-state index contributed by atoms with van der Waals surface area (Å²) in [6.07, 6.45) is 4.61. The van der Waals surface area contributed by atoms with Gasteiger partial charge in [-0.25, -0.2) is 0 Å². The molecule has 1 aliphatic rings. The minimum Gasteiger partial charge on any atom is -0.321 e. The fourth-order valence-corrected chi connectivity index (χ4v) is 2.51. The smallest absolute Gasteiger partial charge is 0.0412 e. The van der Waals surface area contributed by atoms with Gasteiger partial charge in [-0.3, -0.25) is 0 Å². The van der Waals surface area contributed by atoms with E-state index in [1.807, 2.05) is 0 Å². The van der Waals surface area contributed by atoms with Crippen molar-refractivity contribution in [2.24, 2.45) is 5.73 Å². The maximum absolute atomic E-state index is 6.35. The molecule has 0 radical (unpaired) electrons. The molecule has 1 aromatic carbocycles. The number of rotatable bonds is 2. The Hall–Kier alpha value is -0.340. The predicted molar refractivity (Wildman–Crippen MR) is 63.2 cm³/mol. The van der Waals surface area contributed by atoms with E-state index >= 15 is 0 Å². The van der Waals surface area contributed by atoms with E-state index in [0.717, 1.165) is 23.7 Å². The summed E-state index contributed by atoms with van der Waals surface area (Å²) in [7, 11) is 0. The largest absolute Gasteiger partial charge is 0.321 e. The van der Waals surface area contributed by atoms with E-state index in [1.54, 1.807) is 0 Å². The van der Waals surface area contributed by atoms with Crippen LogP contribution in [0.3, 0.4) is 0 Å². The zero-order chi connectivity index (χ0) is 10.2. The Morgan fingerprint density at radius 1 is 1.43 bits per heavy atom. The van der Waals surface area contributed by atoms with Gasteiger partial charge < -0.3 is 5.73 Å². The van der Waals surface area contributed by atoms with Crippen LogP contribution in [-0.2, 0) is 12.0 Å². The van der Waals surface area contributed by atoms with E-state index < -0.39 is 0 Å². The van der Waals surface area contributed by atoms with Crippen LogP contribution < -0.4 is 5.73 Å². The maximum atomic E-state index is 6.35. The first-order chi connectivity index (χ1) is 6.65. The fraction of sp³-hybridized carbons (Fsp3) is 0.500. The Morgan fingerprint density at radius 3 is 2.64 bits per heavy atom. The average molecular weight is 254 g/mol. The highest BCUT2D eigenvalue weighted by Crippen LogP contribution is 2.41. The predicted octanol–water partition coefficient (Wildman–Crippen LogP) is 3.35. The zero-order valence-electron chi connectivity index (χ0n) is 8.52. The van der Waals surface area contributed by atoms with Crippen LogP contribution in [0.4, 0.5) is 0 Å². The molecule has 0 aliphatic heterocycles. The first-order valence-electron chi connectivity index (χ1n) is 5.23. The maximum Gasteiger partial charge on any atom is 0.0412 e. The third-order valence-corrected chi connectivity index (χ3v) is 3.73. The minimum absolute atomic E-state index is 0.0326. The van der Waals surface area contributed by atoms with Gasteiger partial charge in [0, 0.05) is 10.0 Å². The van der Waals surface area contributed by atoms with E-state index in [-0.39, 0.29) is 5.54 Å². The first kappa shape index (κ1) is 10.2. The summed E-state index contributed by atoms with van der Waals surface area (Å²) in [6, 6.07) is 6.48. The number of hydrogen-bond acceptors (Lipinski definition) is 1. The van der Waals surface area contributed by atoms with E-state index in [4.69, 9.17) is 5.73 Å². The Kier molecular flexibility index (Phi) is 2.67. The van der Waals surface area contributed by atoms with E-state index in [0.29, 0.717) is 0 Å². The Morgan fingerprint density at radius 2 is 2.14 bits per heavy atom. The van der Waals surface area contributed by atoms with Crippen LogP contribution in [0, 0.1) is 0 Å². The summed E-state index contributed by atoms with van der Waals surface area (Å²) in [4.78, 5) is 0. The van der Waals surface area contributed by atoms with Gasteiger partial charge in [0.1, 0.15) is 0 Å². The molecule has 1 aliphatic carbocycles. The molecule has 2 N–H and O–H groups in total. The highest BCUT2D eigenvalue weighted by molar-refractivity contribution is 9.10. The fourth-order valence-electron chi connectivity index (χ4n) is 2.15. The van der Waals surface area contributed by atoms with Crippen molar-refractivity contribution in [2.75, 3.05) is 0 Å². The van der Waals surface area contributed by atoms with Crippen LogP contribution in [0.15, 0.2) is 22.7 Å². The molecule has 0 atom stereocenters. The van der Waals surface area contributed by atoms with Crippen LogP contribution in [0.1, 0.15) is 37.3 Å². The average Bonchev–Trinajstić information content (AvgIpc) is 2.14. The van der Waals surface area contributed by atoms with E-state index in [9.17, 15) is 0 Å². The molecule has 1 nitrogen and oxygen atoms in total. The topological polar surface area (TPSA) is 26.0 Å². The summed E-state index contributed by atoms with van der Waals surface area (Å²) >= 11 is 3.52. The van der Waals surface area contributed by atoms with Crippen LogP contribution in [-0.4, -0.2) is 0 Å². The molecule has 1 fully saturated rings. The van der Waals surface area contributed by atoms with E-state index in [2.05, 4.69) is 41.1 Å². The van der Waals surface area contributed by atoms with Gasteiger partial charge >= 0.3 is 0 Å². The molecule has 0 unspecified atom stereocenters. The van der Waals surface area contributed by atoms with Gasteiger partial charge in [0.25, 0.3) is 0 Å². The third-order valence-electron chi connectivity index (χ3n) is 3.24. The number of aryl methyl sites for hydroxylation is 1. The number of hydrogen-bond donors (Lipinski definition) is 1. The summed E-state index contributed by atoms with van der Waals surface area (Å²) in [5, 5.41) is 0. The third kappa shape index (κ3) is 1.61. The summed E-state index contributed by atoms with van der Waals surface area (Å²) in [6.45, 7) is 2.19. The van der Waals surface area contributed by atoms with Gasteiger partial charge in [-0.05, 0) is 48.9 Å². The molecule has 0 heterocycles. The Bertz CT molecular complexity index is 342. The highest BCUT2D eigenvalue weighted by atomic mass is 79.9. The standard InChI is InChI=1S/C12H16BrN/c1-2-9-4-5-10(13)8-11(9)12(14)6-3-7-12/h4-5,8H,2-3,6-7,14H2,1H3. The van der Waals surface area contributed by atoms with Crippen molar-refractivity contribution in [1.82, 2.24) is 0 Å². The monoisotopic (exact) mass is 253 g/mol. The van der Waals surface area contributed by atoms with Gasteiger partial charge in [0.15, 0.2) is 0 Å². The second-order valence-electron chi connectivity index (χ2n) is 4.16. The molecule has 0 bridgehead atoms. The molecule has 0 saturated heterocycles. The van der Waals surface area contributed by atoms with Crippen molar-refractivity contribution >= 4 is 15.9 Å². The summed E-state index contributed by atoms with van der Waals surface area (Å²) < 4.78 is 1.14. The van der Waals surface area contributed by atoms with Crippen LogP contribution in [0.25, 0.3) is 0 Å². The molecule has 2 rings (SSSR count). The van der Waals surface area contributed by atoms with Gasteiger partial charge in [-0.1, -0.05) is 28.9 Å². The molecule has 76 valence electrons. The molecule has 14 heavy (non-hydrogen) atoms. The second-order valence-corrected chi connectivity index (χ2v) is 5.08. The Labute approximate surface area is 93.8 Å². The number of nitrogens with two attached hydrogens (primary N) is 1. The van der Waals surface area contributed by atoms with Crippen LogP contribution in [0.5, 0.6) is 0 Å². The van der Waals surface area contributed by atoms with Gasteiger partial charge in [0.05, 0.1) is 0 Å². The minimum atomic E-state index is -0.0326. The molecular formula is C12H16BrN. The van der Waals surface area contributed by atoms with Crippen molar-refractivity contribution in [3.05, 3.63) is 33.8 Å². The van der Waals surface area contributed by atoms with Gasteiger partial charge in [-0.2, -0.15) is 0 Å². The van der Waals surface area contributed by atoms with Crippen molar-refractivity contribution in [3.63, 3.8) is 0 Å². The van der Waals surface area contributed by atoms with Crippen LogP contribution in [0.2, 0.25) is 0 Å². The molecule has 1 saturated carbocycles. The first-order valence-corrected chi connectivity index (χ1v) is 6.03. The van der Waals surface area contributed by atoms with Crippen LogP contribution >= 0.6 is 15.9 Å². The second kappa shape index (κ2) is 3.67. The quantitative estimate of drug-likeness (QED) is 0.860. The van der Waals surface area contributed by atoms with Gasteiger partial charge in [0.2, 0.25) is 0 Å². The summed E-state index contributed by atoms with van der Waals surface area (Å²) in [5.74, 6) is 0. The molecule has 0 spiro atoms. The molecule has 0 amide bonds. The van der Waals surface area contributed by atoms with Crippen molar-refractivity contribution < 1.29 is 0 Å². The molecule has 1 aromatic rings. The van der Waals surface area contributed by atoms with Gasteiger partial charge in [-0.15, -0.1) is 0 Å². The molecule has 0 aromatic heterocycles. The lowest BCUT2D eigenvalue weighted by Gasteiger charge is -2.40. The van der Waals surface area contributed by atoms with Crippen molar-refractivity contribution in [1.29, 1.82) is 0 Å². The van der Waals surface area contributed by atoms with Crippen molar-refractivity contribution in [3.8, 4) is 0 Å². The lowest BCUT2D eigenvalue weighted by Crippen LogP contribution is -2.44. The molecule has 2 heteroatoms. The zero-order valence-corrected chi connectivity index (χ0v) is 10.1. The lowest BCUT2D eigenvalue weighted by molar-refractivity contribution is 0.252. The Balaban J connectivity index is 2.43. The highest BCUT2D eigenvalue weighted by Gasteiger charge is 2.35. The number of benzene rings is 1.